The summed E-state index contributed by atoms with van der Waals surface area (Å²) in [5.74, 6) is -0.958. The van der Waals surface area contributed by atoms with Crippen LogP contribution >= 0.6 is 45.2 Å². The van der Waals surface area contributed by atoms with E-state index in [1.807, 2.05) is 45.2 Å². The molecule has 1 aliphatic rings. The Balaban J connectivity index is 2.18. The van der Waals surface area contributed by atoms with Gasteiger partial charge in [-0.05, 0) is 70.5 Å². The van der Waals surface area contributed by atoms with Gasteiger partial charge in [-0.2, -0.15) is 0 Å². The van der Waals surface area contributed by atoms with Crippen molar-refractivity contribution >= 4 is 74.3 Å². The van der Waals surface area contributed by atoms with Crippen LogP contribution in [0.3, 0.4) is 0 Å². The number of likely N-dealkylation sites (tertiary alicyclic amines) is 1. The number of carbonyl (C=O) groups is 3. The lowest BCUT2D eigenvalue weighted by Crippen LogP contribution is -3.13. The van der Waals surface area contributed by atoms with E-state index in [-0.39, 0.29) is 11.8 Å². The first kappa shape index (κ1) is 22.3. The van der Waals surface area contributed by atoms with Crippen LogP contribution in [-0.2, 0) is 14.3 Å². The predicted molar refractivity (Wildman–Crippen MR) is 120 cm³/mol. The Bertz CT molecular complexity index is 734. The number of benzene rings is 1. The molecule has 9 heteroatoms. The van der Waals surface area contributed by atoms with Gasteiger partial charge in [-0.3, -0.25) is 9.59 Å². The Kier molecular flexibility index (Phi) is 8.73. The summed E-state index contributed by atoms with van der Waals surface area (Å²) in [7, 11) is 0. The largest absolute Gasteiger partial charge is 0.456 e. The van der Waals surface area contributed by atoms with Gasteiger partial charge in [-0.1, -0.05) is 0 Å². The van der Waals surface area contributed by atoms with Gasteiger partial charge in [0.2, 0.25) is 11.8 Å². The Hall–Kier alpha value is -0.950. The van der Waals surface area contributed by atoms with Crippen molar-refractivity contribution in [1.29, 1.82) is 0 Å². The highest BCUT2D eigenvalue weighted by atomic mass is 127. The van der Waals surface area contributed by atoms with E-state index in [0.29, 0.717) is 30.7 Å². The number of carbonyl (C=O) groups excluding carboxylic acids is 3. The summed E-state index contributed by atoms with van der Waals surface area (Å²) in [4.78, 5) is 37.1. The summed E-state index contributed by atoms with van der Waals surface area (Å²) in [6.45, 7) is 6.18. The molecule has 1 heterocycles. The molecule has 1 saturated heterocycles. The number of ether oxygens (including phenoxy) is 1. The highest BCUT2D eigenvalue weighted by molar-refractivity contribution is 14.1. The van der Waals surface area contributed by atoms with E-state index in [9.17, 15) is 14.4 Å². The van der Waals surface area contributed by atoms with Crippen LogP contribution in [0.5, 0.6) is 0 Å². The minimum absolute atomic E-state index is 0.251. The molecule has 0 saturated carbocycles. The summed E-state index contributed by atoms with van der Waals surface area (Å²) in [5, 5.41) is 5.44. The van der Waals surface area contributed by atoms with Crippen LogP contribution in [0.15, 0.2) is 6.07 Å². The van der Waals surface area contributed by atoms with Crippen LogP contribution in [-0.4, -0.2) is 44.0 Å². The van der Waals surface area contributed by atoms with Crippen LogP contribution < -0.4 is 15.5 Å². The molecule has 1 aromatic carbocycles. The lowest BCUT2D eigenvalue weighted by molar-refractivity contribution is -0.905. The number of quaternary nitrogens is 1. The zero-order chi connectivity index (χ0) is 20.0. The van der Waals surface area contributed by atoms with Crippen LogP contribution in [0.25, 0.3) is 0 Å². The van der Waals surface area contributed by atoms with Gasteiger partial charge in [0.25, 0.3) is 0 Å². The SMILES string of the molecule is CC(=O)Nc1cc(C(=O)OCC[NH+]2CCCCC2)c(I)c(NC(C)=O)c1I. The third-order valence-corrected chi connectivity index (χ3v) is 6.52. The molecule has 1 aromatic rings. The maximum absolute atomic E-state index is 12.6. The molecule has 3 N–H and O–H groups in total. The standard InChI is InChI=1S/C18H23I2N3O4/c1-11(24)21-14-10-13(15(19)17(16(14)20)22-12(2)25)18(26)27-9-8-23-6-4-3-5-7-23/h10H,3-9H2,1-2H3,(H,21,24)(H,22,25)/p+1. The summed E-state index contributed by atoms with van der Waals surface area (Å²) in [6.07, 6.45) is 3.72. The lowest BCUT2D eigenvalue weighted by Gasteiger charge is -2.23. The third-order valence-electron chi connectivity index (χ3n) is 4.28. The number of piperidine rings is 1. The number of hydrogen-bond acceptors (Lipinski definition) is 4. The number of anilines is 2. The summed E-state index contributed by atoms with van der Waals surface area (Å²) < 4.78 is 6.74. The minimum Gasteiger partial charge on any atom is -0.456 e. The molecule has 148 valence electrons. The van der Waals surface area contributed by atoms with Gasteiger partial charge in [0.1, 0.15) is 13.2 Å². The van der Waals surface area contributed by atoms with E-state index < -0.39 is 5.97 Å². The fraction of sp³-hybridized carbons (Fsp3) is 0.500. The number of halogens is 2. The average Bonchev–Trinajstić information content (AvgIpc) is 2.61. The Labute approximate surface area is 186 Å². The topological polar surface area (TPSA) is 88.9 Å². The van der Waals surface area contributed by atoms with Gasteiger partial charge >= 0.3 is 5.97 Å². The van der Waals surface area contributed by atoms with E-state index in [2.05, 4.69) is 10.6 Å². The molecule has 0 spiro atoms. The van der Waals surface area contributed by atoms with Crippen molar-refractivity contribution < 1.29 is 24.0 Å². The maximum Gasteiger partial charge on any atom is 0.339 e. The first-order valence-electron chi connectivity index (χ1n) is 8.87. The third kappa shape index (κ3) is 6.56. The molecule has 27 heavy (non-hydrogen) atoms. The molecule has 7 nitrogen and oxygen atoms in total. The van der Waals surface area contributed by atoms with E-state index in [1.165, 1.54) is 38.0 Å². The molecule has 1 fully saturated rings. The fourth-order valence-electron chi connectivity index (χ4n) is 3.02. The van der Waals surface area contributed by atoms with Crippen molar-refractivity contribution in [2.45, 2.75) is 33.1 Å². The first-order chi connectivity index (χ1) is 12.8. The second-order valence-electron chi connectivity index (χ2n) is 6.53. The van der Waals surface area contributed by atoms with Crippen LogP contribution in [0, 0.1) is 7.14 Å². The number of hydrogen-bond donors (Lipinski definition) is 3. The monoisotopic (exact) mass is 600 g/mol. The predicted octanol–water partition coefficient (Wildman–Crippen LogP) is 2.04. The zero-order valence-corrected chi connectivity index (χ0v) is 19.7. The van der Waals surface area contributed by atoms with Crippen molar-refractivity contribution in [3.05, 3.63) is 18.8 Å². The van der Waals surface area contributed by atoms with Crippen LogP contribution in [0.4, 0.5) is 11.4 Å². The van der Waals surface area contributed by atoms with E-state index >= 15 is 0 Å². The summed E-state index contributed by atoms with van der Waals surface area (Å²) in [6, 6.07) is 1.60. The van der Waals surface area contributed by atoms with Crippen molar-refractivity contribution in [2.24, 2.45) is 0 Å². The molecule has 0 radical (unpaired) electrons. The smallest absolute Gasteiger partial charge is 0.339 e. The van der Waals surface area contributed by atoms with Gasteiger partial charge in [-0.15, -0.1) is 0 Å². The summed E-state index contributed by atoms with van der Waals surface area (Å²) >= 11 is 4.06. The van der Waals surface area contributed by atoms with E-state index in [4.69, 9.17) is 4.74 Å². The zero-order valence-electron chi connectivity index (χ0n) is 15.4. The lowest BCUT2D eigenvalue weighted by atomic mass is 10.1. The first-order valence-corrected chi connectivity index (χ1v) is 11.0. The quantitative estimate of drug-likeness (QED) is 0.345. The molecule has 0 unspecified atom stereocenters. The Morgan fingerprint density at radius 3 is 2.26 bits per heavy atom. The van der Waals surface area contributed by atoms with Crippen LogP contribution in [0.2, 0.25) is 0 Å². The second kappa shape index (κ2) is 10.6. The normalized spacial score (nSPS) is 14.5. The van der Waals surface area contributed by atoms with Gasteiger partial charge in [0.15, 0.2) is 0 Å². The Morgan fingerprint density at radius 2 is 1.67 bits per heavy atom. The Morgan fingerprint density at radius 1 is 1.04 bits per heavy atom. The summed E-state index contributed by atoms with van der Waals surface area (Å²) in [5.41, 5.74) is 1.31. The number of rotatable bonds is 6. The van der Waals surface area contributed by atoms with Crippen LogP contribution in [0.1, 0.15) is 43.5 Å². The van der Waals surface area contributed by atoms with Gasteiger partial charge in [0.05, 0.1) is 37.2 Å². The fourth-order valence-corrected chi connectivity index (χ4v) is 5.01. The van der Waals surface area contributed by atoms with Crippen molar-refractivity contribution in [1.82, 2.24) is 0 Å². The molecular weight excluding hydrogens is 576 g/mol. The number of esters is 1. The highest BCUT2D eigenvalue weighted by Gasteiger charge is 2.22. The van der Waals surface area contributed by atoms with E-state index in [0.717, 1.165) is 19.6 Å². The minimum atomic E-state index is -0.453. The molecule has 2 rings (SSSR count). The number of amides is 2. The molecule has 0 bridgehead atoms. The highest BCUT2D eigenvalue weighted by Crippen LogP contribution is 2.34. The molecule has 1 aliphatic heterocycles. The van der Waals surface area contributed by atoms with Crippen molar-refractivity contribution in [2.75, 3.05) is 36.9 Å². The van der Waals surface area contributed by atoms with Gasteiger partial charge < -0.3 is 20.3 Å². The van der Waals surface area contributed by atoms with Crippen molar-refractivity contribution in [3.8, 4) is 0 Å². The second-order valence-corrected chi connectivity index (χ2v) is 8.69. The molecule has 2 amide bonds. The van der Waals surface area contributed by atoms with Gasteiger partial charge in [-0.25, -0.2) is 4.79 Å². The molecule has 0 atom stereocenters. The molecule has 0 aromatic heterocycles. The molecule has 0 aliphatic carbocycles. The van der Waals surface area contributed by atoms with Crippen molar-refractivity contribution in [3.63, 3.8) is 0 Å². The maximum atomic E-state index is 12.6. The number of nitrogens with one attached hydrogen (secondary N) is 3. The van der Waals surface area contributed by atoms with E-state index in [1.54, 1.807) is 6.07 Å². The van der Waals surface area contributed by atoms with Gasteiger partial charge in [0, 0.05) is 13.8 Å². The molecular formula is C18H24I2N3O4+. The average molecular weight is 600 g/mol.